The Hall–Kier alpha value is -1.12. The standard InChI is InChI=1S/C11H11BrN2OS/c1-8(5-13)6-14-11(15)3-2-10-4-9(12)7-16-10/h2-4,7-8H,6H2,1H3,(H,14,15)/b3-2+/t8-/m0/s1. The van der Waals surface area contributed by atoms with Gasteiger partial charge in [-0.3, -0.25) is 4.79 Å². The Kier molecular flexibility index (Phi) is 5.23. The Balaban J connectivity index is 2.40. The average molecular weight is 299 g/mol. The van der Waals surface area contributed by atoms with Crippen molar-refractivity contribution in [3.63, 3.8) is 0 Å². The number of nitriles is 1. The largest absolute Gasteiger partial charge is 0.351 e. The minimum absolute atomic E-state index is 0.159. The third-order valence-corrected chi connectivity index (χ3v) is 3.45. The predicted octanol–water partition coefficient (Wildman–Crippen LogP) is 2.80. The highest BCUT2D eigenvalue weighted by Gasteiger charge is 2.01. The minimum Gasteiger partial charge on any atom is -0.351 e. The van der Waals surface area contributed by atoms with Gasteiger partial charge in [-0.2, -0.15) is 5.26 Å². The topological polar surface area (TPSA) is 52.9 Å². The van der Waals surface area contributed by atoms with Gasteiger partial charge in [-0.25, -0.2) is 0 Å². The van der Waals surface area contributed by atoms with Crippen molar-refractivity contribution < 1.29 is 4.79 Å². The van der Waals surface area contributed by atoms with Crippen molar-refractivity contribution >= 4 is 39.2 Å². The van der Waals surface area contributed by atoms with E-state index in [1.165, 1.54) is 6.08 Å². The number of hydrogen-bond donors (Lipinski definition) is 1. The van der Waals surface area contributed by atoms with Crippen LogP contribution < -0.4 is 5.32 Å². The van der Waals surface area contributed by atoms with Crippen molar-refractivity contribution in [1.82, 2.24) is 5.32 Å². The number of nitrogens with one attached hydrogen (secondary N) is 1. The number of carbonyl (C=O) groups is 1. The molecule has 0 saturated carbocycles. The lowest BCUT2D eigenvalue weighted by Gasteiger charge is -2.01. The zero-order valence-corrected chi connectivity index (χ0v) is 11.1. The van der Waals surface area contributed by atoms with Gasteiger partial charge in [0.25, 0.3) is 0 Å². The fourth-order valence-electron chi connectivity index (χ4n) is 0.932. The number of amides is 1. The van der Waals surface area contributed by atoms with E-state index in [2.05, 4.69) is 27.3 Å². The molecule has 0 aliphatic carbocycles. The number of hydrogen-bond acceptors (Lipinski definition) is 3. The first-order chi connectivity index (χ1) is 7.61. The quantitative estimate of drug-likeness (QED) is 0.869. The van der Waals surface area contributed by atoms with Crippen LogP contribution in [0.2, 0.25) is 0 Å². The summed E-state index contributed by atoms with van der Waals surface area (Å²) in [4.78, 5) is 12.3. The summed E-state index contributed by atoms with van der Waals surface area (Å²) < 4.78 is 1.01. The van der Waals surface area contributed by atoms with Gasteiger partial charge in [0.05, 0.1) is 12.0 Å². The maximum atomic E-state index is 11.3. The molecular formula is C11H11BrN2OS. The summed E-state index contributed by atoms with van der Waals surface area (Å²) in [7, 11) is 0. The highest BCUT2D eigenvalue weighted by atomic mass is 79.9. The third-order valence-electron chi connectivity index (χ3n) is 1.79. The zero-order chi connectivity index (χ0) is 12.0. The van der Waals surface area contributed by atoms with Crippen LogP contribution in [0.1, 0.15) is 11.8 Å². The Labute approximate surface area is 107 Å². The smallest absolute Gasteiger partial charge is 0.244 e. The van der Waals surface area contributed by atoms with E-state index in [-0.39, 0.29) is 11.8 Å². The first-order valence-corrected chi connectivity index (χ1v) is 6.38. The minimum atomic E-state index is -0.174. The van der Waals surface area contributed by atoms with Crippen LogP contribution in [0.3, 0.4) is 0 Å². The summed E-state index contributed by atoms with van der Waals surface area (Å²) in [5.74, 6) is -0.333. The van der Waals surface area contributed by atoms with Gasteiger partial charge in [0, 0.05) is 27.4 Å². The van der Waals surface area contributed by atoms with E-state index < -0.39 is 0 Å². The van der Waals surface area contributed by atoms with Gasteiger partial charge in [-0.15, -0.1) is 11.3 Å². The second-order valence-electron chi connectivity index (χ2n) is 3.28. The summed E-state index contributed by atoms with van der Waals surface area (Å²) in [6, 6.07) is 3.99. The number of rotatable bonds is 4. The average Bonchev–Trinajstić information content (AvgIpc) is 2.69. The van der Waals surface area contributed by atoms with Gasteiger partial charge in [-0.1, -0.05) is 0 Å². The summed E-state index contributed by atoms with van der Waals surface area (Å²) in [6.45, 7) is 2.15. The van der Waals surface area contributed by atoms with Crippen LogP contribution in [-0.4, -0.2) is 12.5 Å². The summed E-state index contributed by atoms with van der Waals surface area (Å²) >= 11 is 4.89. The fraction of sp³-hybridized carbons (Fsp3) is 0.273. The molecule has 84 valence electrons. The molecule has 1 aromatic rings. The molecule has 0 unspecified atom stereocenters. The molecule has 0 spiro atoms. The van der Waals surface area contributed by atoms with E-state index in [0.717, 1.165) is 9.35 Å². The second-order valence-corrected chi connectivity index (χ2v) is 5.13. The first kappa shape index (κ1) is 12.9. The van der Waals surface area contributed by atoms with E-state index in [9.17, 15) is 4.79 Å². The Morgan fingerprint density at radius 1 is 1.81 bits per heavy atom. The molecule has 0 aliphatic heterocycles. The SMILES string of the molecule is C[C@@H](C#N)CNC(=O)/C=C/c1cc(Br)cs1. The lowest BCUT2D eigenvalue weighted by Crippen LogP contribution is -2.25. The van der Waals surface area contributed by atoms with Crippen LogP contribution >= 0.6 is 27.3 Å². The van der Waals surface area contributed by atoms with Crippen LogP contribution in [0.15, 0.2) is 22.0 Å². The molecule has 1 heterocycles. The normalized spacial score (nSPS) is 12.3. The molecule has 1 rings (SSSR count). The molecule has 0 bridgehead atoms. The zero-order valence-electron chi connectivity index (χ0n) is 8.74. The first-order valence-electron chi connectivity index (χ1n) is 4.71. The lowest BCUT2D eigenvalue weighted by molar-refractivity contribution is -0.116. The Morgan fingerprint density at radius 2 is 2.56 bits per heavy atom. The van der Waals surface area contributed by atoms with Gasteiger partial charge in [0.2, 0.25) is 5.91 Å². The van der Waals surface area contributed by atoms with Crippen molar-refractivity contribution in [3.8, 4) is 6.07 Å². The molecular weight excluding hydrogens is 288 g/mol. The molecule has 0 aliphatic rings. The summed E-state index contributed by atoms with van der Waals surface area (Å²) in [6.07, 6.45) is 3.23. The van der Waals surface area contributed by atoms with Crippen molar-refractivity contribution in [3.05, 3.63) is 26.9 Å². The van der Waals surface area contributed by atoms with E-state index >= 15 is 0 Å². The third kappa shape index (κ3) is 4.60. The molecule has 1 aromatic heterocycles. The van der Waals surface area contributed by atoms with Crippen LogP contribution in [0, 0.1) is 17.2 Å². The van der Waals surface area contributed by atoms with Crippen molar-refractivity contribution in [2.75, 3.05) is 6.54 Å². The molecule has 3 nitrogen and oxygen atoms in total. The molecule has 0 fully saturated rings. The van der Waals surface area contributed by atoms with E-state index in [1.807, 2.05) is 11.4 Å². The fourth-order valence-corrected chi connectivity index (χ4v) is 2.27. The summed E-state index contributed by atoms with van der Waals surface area (Å²) in [5, 5.41) is 13.1. The molecule has 0 radical (unpaired) electrons. The molecule has 1 atom stereocenters. The Morgan fingerprint density at radius 3 is 3.12 bits per heavy atom. The van der Waals surface area contributed by atoms with E-state index in [4.69, 9.17) is 5.26 Å². The van der Waals surface area contributed by atoms with Gasteiger partial charge in [0.15, 0.2) is 0 Å². The highest BCUT2D eigenvalue weighted by Crippen LogP contribution is 2.20. The number of thiophene rings is 1. The van der Waals surface area contributed by atoms with Gasteiger partial charge in [-0.05, 0) is 35.0 Å². The van der Waals surface area contributed by atoms with Crippen LogP contribution in [0.25, 0.3) is 6.08 Å². The number of carbonyl (C=O) groups excluding carboxylic acids is 1. The molecule has 0 aromatic carbocycles. The maximum Gasteiger partial charge on any atom is 0.244 e. The monoisotopic (exact) mass is 298 g/mol. The van der Waals surface area contributed by atoms with Gasteiger partial charge in [0.1, 0.15) is 0 Å². The summed E-state index contributed by atoms with van der Waals surface area (Å²) in [5.41, 5.74) is 0. The number of nitrogens with zero attached hydrogens (tertiary/aromatic N) is 1. The predicted molar refractivity (Wildman–Crippen MR) is 68.8 cm³/mol. The number of halogens is 1. The van der Waals surface area contributed by atoms with Crippen molar-refractivity contribution in [1.29, 1.82) is 5.26 Å². The molecule has 1 N–H and O–H groups in total. The van der Waals surface area contributed by atoms with E-state index in [0.29, 0.717) is 6.54 Å². The molecule has 16 heavy (non-hydrogen) atoms. The van der Waals surface area contributed by atoms with Crippen LogP contribution in [0.5, 0.6) is 0 Å². The van der Waals surface area contributed by atoms with Gasteiger partial charge >= 0.3 is 0 Å². The van der Waals surface area contributed by atoms with Crippen molar-refractivity contribution in [2.45, 2.75) is 6.92 Å². The maximum absolute atomic E-state index is 11.3. The van der Waals surface area contributed by atoms with Crippen LogP contribution in [0.4, 0.5) is 0 Å². The molecule has 0 saturated heterocycles. The van der Waals surface area contributed by atoms with Gasteiger partial charge < -0.3 is 5.32 Å². The second kappa shape index (κ2) is 6.46. The van der Waals surface area contributed by atoms with E-state index in [1.54, 1.807) is 24.3 Å². The van der Waals surface area contributed by atoms with Crippen molar-refractivity contribution in [2.24, 2.45) is 5.92 Å². The van der Waals surface area contributed by atoms with Crippen LogP contribution in [-0.2, 0) is 4.79 Å². The highest BCUT2D eigenvalue weighted by molar-refractivity contribution is 9.10. The molecule has 1 amide bonds. The lowest BCUT2D eigenvalue weighted by atomic mass is 10.2. The molecule has 5 heteroatoms. The Bertz CT molecular complexity index is 433.